The third kappa shape index (κ3) is 5.87. The summed E-state index contributed by atoms with van der Waals surface area (Å²) in [6.45, 7) is 2.16. The Morgan fingerprint density at radius 1 is 0.882 bits per heavy atom. The fraction of sp³-hybridized carbons (Fsp3) is 0.526. The molecule has 0 saturated carbocycles. The van der Waals surface area contributed by atoms with Gasteiger partial charge in [0.25, 0.3) is 0 Å². The van der Waals surface area contributed by atoms with E-state index in [1.807, 2.05) is 9.80 Å². The quantitative estimate of drug-likeness (QED) is 0.287. The van der Waals surface area contributed by atoms with Crippen LogP contribution in [-0.2, 0) is 10.5 Å². The molecule has 2 aliphatic heterocycles. The molecule has 3 heterocycles. The van der Waals surface area contributed by atoms with Gasteiger partial charge in [0.1, 0.15) is 11.4 Å². The number of nitrogens with one attached hydrogen (secondary N) is 1. The Morgan fingerprint density at radius 2 is 1.38 bits per heavy atom. The molecule has 34 heavy (non-hydrogen) atoms. The maximum Gasteiger partial charge on any atom is 0.316 e. The maximum atomic E-state index is 10.8. The highest BCUT2D eigenvalue weighted by Gasteiger charge is 2.28. The normalized spacial score (nSPS) is 25.2. The van der Waals surface area contributed by atoms with E-state index in [1.165, 1.54) is 12.1 Å². The molecule has 0 spiro atoms. The molecule has 0 bridgehead atoms. The number of anilines is 4. The molecule has 1 aromatic carbocycles. The van der Waals surface area contributed by atoms with Crippen molar-refractivity contribution >= 4 is 39.7 Å². The number of piperidine rings is 2. The number of aromatic nitrogens is 3. The van der Waals surface area contributed by atoms with Crippen molar-refractivity contribution in [2.24, 2.45) is 27.3 Å². The molecule has 2 aromatic rings. The number of benzene rings is 1. The minimum atomic E-state index is -2.69. The molecule has 2 aliphatic rings. The van der Waals surface area contributed by atoms with E-state index in [4.69, 9.17) is 22.9 Å². The van der Waals surface area contributed by atoms with Crippen LogP contribution in [0.25, 0.3) is 0 Å². The number of phenolic OH excluding ortho intramolecular Hbond substituents is 1. The molecule has 14 nitrogen and oxygen atoms in total. The predicted octanol–water partition coefficient (Wildman–Crippen LogP) is -1.26. The van der Waals surface area contributed by atoms with Crippen molar-refractivity contribution < 1.29 is 13.5 Å². The van der Waals surface area contributed by atoms with Crippen LogP contribution < -0.4 is 38.1 Å². The largest absolute Gasteiger partial charge is 0.506 e. The van der Waals surface area contributed by atoms with Crippen LogP contribution in [0.5, 0.6) is 5.75 Å². The van der Waals surface area contributed by atoms with Crippen molar-refractivity contribution in [3.05, 3.63) is 18.2 Å². The fourth-order valence-electron chi connectivity index (χ4n) is 4.26. The zero-order valence-electron chi connectivity index (χ0n) is 18.4. The van der Waals surface area contributed by atoms with Crippen LogP contribution in [0.3, 0.4) is 0 Å². The number of rotatable bonds is 5. The first-order chi connectivity index (χ1) is 16.2. The summed E-state index contributed by atoms with van der Waals surface area (Å²) in [5, 5.41) is 13.2. The van der Waals surface area contributed by atoms with E-state index in [1.54, 1.807) is 6.07 Å². The van der Waals surface area contributed by atoms with Crippen LogP contribution >= 0.6 is 0 Å². The smallest absolute Gasteiger partial charge is 0.316 e. The summed E-state index contributed by atoms with van der Waals surface area (Å²) in [5.74, 6) is 0.716. The Hall–Kier alpha value is -3.11. The summed E-state index contributed by atoms with van der Waals surface area (Å²) < 4.78 is 24.9. The summed E-state index contributed by atoms with van der Waals surface area (Å²) in [5.41, 5.74) is 25.0. The molecule has 4 rings (SSSR count). The zero-order chi connectivity index (χ0) is 24.4. The van der Waals surface area contributed by atoms with Crippen molar-refractivity contribution in [3.63, 3.8) is 0 Å². The molecule has 0 radical (unpaired) electrons. The highest BCUT2D eigenvalue weighted by molar-refractivity contribution is 7.61. The van der Waals surface area contributed by atoms with Crippen molar-refractivity contribution in [1.29, 1.82) is 0 Å². The monoisotopic (exact) mass is 491 g/mol. The van der Waals surface area contributed by atoms with Crippen LogP contribution in [0, 0.1) is 0 Å². The summed E-state index contributed by atoms with van der Waals surface area (Å²) in [4.78, 5) is 17.6. The Kier molecular flexibility index (Phi) is 7.08. The van der Waals surface area contributed by atoms with E-state index < -0.39 is 10.5 Å². The van der Waals surface area contributed by atoms with Gasteiger partial charge in [-0.1, -0.05) is 0 Å². The molecule has 10 N–H and O–H groups in total. The van der Waals surface area contributed by atoms with E-state index in [0.29, 0.717) is 56.6 Å². The van der Waals surface area contributed by atoms with Crippen molar-refractivity contribution in [3.8, 4) is 5.75 Å². The molecule has 184 valence electrons. The van der Waals surface area contributed by atoms with Gasteiger partial charge in [-0.2, -0.15) is 23.4 Å². The maximum absolute atomic E-state index is 10.8. The van der Waals surface area contributed by atoms with E-state index >= 15 is 0 Å². The Morgan fingerprint density at radius 3 is 1.82 bits per heavy atom. The van der Waals surface area contributed by atoms with E-state index in [-0.39, 0.29) is 41.6 Å². The lowest BCUT2D eigenvalue weighted by atomic mass is 10.0. The number of hydrogen-bond donors (Lipinski definition) is 6. The molecule has 4 atom stereocenters. The van der Waals surface area contributed by atoms with Gasteiger partial charge in [-0.15, -0.1) is 4.36 Å². The number of aromatic hydroxyl groups is 1. The Balaban J connectivity index is 1.68. The number of hydrogen-bond acceptors (Lipinski definition) is 14. The second-order valence-electron chi connectivity index (χ2n) is 8.72. The van der Waals surface area contributed by atoms with Gasteiger partial charge in [0.15, 0.2) is 0 Å². The van der Waals surface area contributed by atoms with Crippen LogP contribution in [0.1, 0.15) is 12.8 Å². The Labute approximate surface area is 198 Å². The summed E-state index contributed by atoms with van der Waals surface area (Å²) in [6, 6.07) is 3.78. The zero-order valence-corrected chi connectivity index (χ0v) is 19.3. The standard InChI is InChI=1S/C19H29N11O3S/c20-10-3-11(21)7-29(6-10)18-25-17(24-14-1-2-15(16(31)5-14)28-34(32)33)26-19(27-18)30-8-12(22)4-13(23)9-30/h1-2,5,10-13,31H,3-4,6-9,20-23H2,(H,24,25,26,27). The average molecular weight is 492 g/mol. The van der Waals surface area contributed by atoms with Gasteiger partial charge in [0.05, 0.1) is 0 Å². The fourth-order valence-corrected chi connectivity index (χ4v) is 4.58. The minimum Gasteiger partial charge on any atom is -0.506 e. The third-order valence-corrected chi connectivity index (χ3v) is 5.96. The van der Waals surface area contributed by atoms with E-state index in [2.05, 4.69) is 24.6 Å². The lowest BCUT2D eigenvalue weighted by Crippen LogP contribution is -2.54. The van der Waals surface area contributed by atoms with Gasteiger partial charge in [-0.3, -0.25) is 0 Å². The SMILES string of the molecule is NC1CC(N)CN(c2nc(Nc3ccc(N=S(=O)=O)c(O)c3)nc(N3CC(N)CC(N)C3)n2)C1. The number of phenols is 1. The van der Waals surface area contributed by atoms with Crippen molar-refractivity contribution in [1.82, 2.24) is 15.0 Å². The Bertz CT molecular complexity index is 1110. The first-order valence-corrected chi connectivity index (χ1v) is 11.9. The van der Waals surface area contributed by atoms with Crippen molar-refractivity contribution in [2.45, 2.75) is 37.0 Å². The second-order valence-corrected chi connectivity index (χ2v) is 9.33. The minimum absolute atomic E-state index is 0.0801. The van der Waals surface area contributed by atoms with Gasteiger partial charge in [0.2, 0.25) is 17.8 Å². The molecule has 2 fully saturated rings. The van der Waals surface area contributed by atoms with Gasteiger partial charge >= 0.3 is 10.5 Å². The lowest BCUT2D eigenvalue weighted by molar-refractivity contribution is 0.441. The molecule has 0 aliphatic carbocycles. The van der Waals surface area contributed by atoms with E-state index in [9.17, 15) is 13.5 Å². The van der Waals surface area contributed by atoms with Crippen LogP contribution in [-0.4, -0.2) is 78.8 Å². The first kappa shape index (κ1) is 24.0. The molecule has 15 heteroatoms. The van der Waals surface area contributed by atoms with Gasteiger partial charge < -0.3 is 43.2 Å². The van der Waals surface area contributed by atoms with Gasteiger partial charge in [-0.05, 0) is 25.0 Å². The molecule has 2 saturated heterocycles. The predicted molar refractivity (Wildman–Crippen MR) is 128 cm³/mol. The lowest BCUT2D eigenvalue weighted by Gasteiger charge is -2.37. The number of nitrogens with zero attached hydrogens (tertiary/aromatic N) is 6. The van der Waals surface area contributed by atoms with Crippen molar-refractivity contribution in [2.75, 3.05) is 41.3 Å². The molecular weight excluding hydrogens is 462 g/mol. The summed E-state index contributed by atoms with van der Waals surface area (Å²) in [7, 11) is -2.69. The highest BCUT2D eigenvalue weighted by atomic mass is 32.2. The first-order valence-electron chi connectivity index (χ1n) is 10.9. The molecular formula is C19H29N11O3S. The summed E-state index contributed by atoms with van der Waals surface area (Å²) >= 11 is 0. The van der Waals surface area contributed by atoms with Gasteiger partial charge in [0, 0.05) is 62.1 Å². The third-order valence-electron chi connectivity index (χ3n) is 5.61. The van der Waals surface area contributed by atoms with E-state index in [0.717, 1.165) is 0 Å². The van der Waals surface area contributed by atoms with Crippen LogP contribution in [0.4, 0.5) is 29.2 Å². The molecule has 4 unspecified atom stereocenters. The van der Waals surface area contributed by atoms with Crippen LogP contribution in [0.15, 0.2) is 22.6 Å². The average Bonchev–Trinajstić information content (AvgIpc) is 2.74. The van der Waals surface area contributed by atoms with Gasteiger partial charge in [-0.25, -0.2) is 0 Å². The summed E-state index contributed by atoms with van der Waals surface area (Å²) in [6.07, 6.45) is 1.42. The topological polar surface area (TPSA) is 228 Å². The van der Waals surface area contributed by atoms with Crippen LogP contribution in [0.2, 0.25) is 0 Å². The number of nitrogens with two attached hydrogens (primary N) is 4. The molecule has 1 aromatic heterocycles. The highest BCUT2D eigenvalue weighted by Crippen LogP contribution is 2.31. The second kappa shape index (κ2) is 10.0. The molecule has 0 amide bonds.